The Hall–Kier alpha value is -0.820. The predicted molar refractivity (Wildman–Crippen MR) is 63.6 cm³/mol. The van der Waals surface area contributed by atoms with Crippen molar-refractivity contribution in [1.82, 2.24) is 0 Å². The molecule has 0 saturated carbocycles. The molecule has 0 atom stereocenters. The molecule has 0 radical (unpaired) electrons. The van der Waals surface area contributed by atoms with Crippen LogP contribution in [0.2, 0.25) is 5.02 Å². The van der Waals surface area contributed by atoms with Gasteiger partial charge >= 0.3 is 5.97 Å². The summed E-state index contributed by atoms with van der Waals surface area (Å²) in [4.78, 5) is 21.7. The number of esters is 1. The second-order valence-electron chi connectivity index (χ2n) is 2.67. The third-order valence-corrected chi connectivity index (χ3v) is 3.07. The molecular formula is C9H7ClINO3. The van der Waals surface area contributed by atoms with Crippen molar-refractivity contribution < 1.29 is 14.3 Å². The van der Waals surface area contributed by atoms with Crippen molar-refractivity contribution in [1.29, 1.82) is 0 Å². The number of benzene rings is 1. The minimum Gasteiger partial charge on any atom is -0.452 e. The van der Waals surface area contributed by atoms with Gasteiger partial charge in [-0.25, -0.2) is 4.79 Å². The van der Waals surface area contributed by atoms with E-state index in [1.807, 2.05) is 22.6 Å². The van der Waals surface area contributed by atoms with Gasteiger partial charge in [-0.3, -0.25) is 4.79 Å². The summed E-state index contributed by atoms with van der Waals surface area (Å²) >= 11 is 7.85. The van der Waals surface area contributed by atoms with Crippen LogP contribution in [0.25, 0.3) is 0 Å². The van der Waals surface area contributed by atoms with Gasteiger partial charge in [0.1, 0.15) is 0 Å². The molecular weight excluding hydrogens is 332 g/mol. The first-order valence-corrected chi connectivity index (χ1v) is 5.37. The van der Waals surface area contributed by atoms with E-state index in [-0.39, 0.29) is 0 Å². The zero-order valence-corrected chi connectivity index (χ0v) is 10.4. The van der Waals surface area contributed by atoms with Crippen LogP contribution in [0.1, 0.15) is 10.4 Å². The summed E-state index contributed by atoms with van der Waals surface area (Å²) in [6.45, 7) is -0.428. The molecule has 4 nitrogen and oxygen atoms in total. The monoisotopic (exact) mass is 339 g/mol. The van der Waals surface area contributed by atoms with E-state index in [2.05, 4.69) is 4.74 Å². The minimum atomic E-state index is -0.694. The fourth-order valence-electron chi connectivity index (χ4n) is 0.843. The summed E-state index contributed by atoms with van der Waals surface area (Å²) in [5.41, 5.74) is 5.12. The molecule has 1 amide bonds. The highest BCUT2D eigenvalue weighted by Crippen LogP contribution is 2.19. The molecule has 0 saturated heterocycles. The van der Waals surface area contributed by atoms with Gasteiger partial charge in [0.15, 0.2) is 6.61 Å². The molecule has 0 spiro atoms. The number of amides is 1. The summed E-state index contributed by atoms with van der Waals surface area (Å²) in [6, 6.07) is 4.73. The Balaban J connectivity index is 2.74. The second kappa shape index (κ2) is 5.32. The molecule has 0 aromatic heterocycles. The van der Waals surface area contributed by atoms with Crippen LogP contribution in [0.15, 0.2) is 18.2 Å². The molecule has 0 unspecified atom stereocenters. The lowest BCUT2D eigenvalue weighted by molar-refractivity contribution is -0.121. The first-order chi connectivity index (χ1) is 7.00. The summed E-state index contributed by atoms with van der Waals surface area (Å²) in [5, 5.41) is 0.462. The second-order valence-corrected chi connectivity index (χ2v) is 4.24. The molecule has 0 aliphatic carbocycles. The van der Waals surface area contributed by atoms with Crippen LogP contribution >= 0.6 is 34.2 Å². The van der Waals surface area contributed by atoms with Crippen LogP contribution in [-0.4, -0.2) is 18.5 Å². The van der Waals surface area contributed by atoms with Crippen LogP contribution in [-0.2, 0) is 9.53 Å². The lowest BCUT2D eigenvalue weighted by atomic mass is 10.2. The summed E-state index contributed by atoms with van der Waals surface area (Å²) in [5.74, 6) is -1.31. The van der Waals surface area contributed by atoms with E-state index in [0.717, 1.165) is 3.57 Å². The van der Waals surface area contributed by atoms with Crippen LogP contribution in [0.3, 0.4) is 0 Å². The average molecular weight is 340 g/mol. The number of rotatable bonds is 3. The fourth-order valence-corrected chi connectivity index (χ4v) is 1.36. The van der Waals surface area contributed by atoms with Gasteiger partial charge in [-0.2, -0.15) is 0 Å². The van der Waals surface area contributed by atoms with Crippen molar-refractivity contribution in [3.63, 3.8) is 0 Å². The maximum atomic E-state index is 11.3. The highest BCUT2D eigenvalue weighted by Gasteiger charge is 2.09. The Labute approximate surface area is 105 Å². The quantitative estimate of drug-likeness (QED) is 0.671. The fraction of sp³-hybridized carbons (Fsp3) is 0.111. The molecule has 1 aromatic rings. The number of ether oxygens (including phenoxy) is 1. The Bertz CT molecular complexity index is 408. The molecule has 0 heterocycles. The predicted octanol–water partition coefficient (Wildman–Crippen LogP) is 1.59. The molecule has 2 N–H and O–H groups in total. The van der Waals surface area contributed by atoms with Crippen molar-refractivity contribution in [2.45, 2.75) is 0 Å². The maximum Gasteiger partial charge on any atom is 0.338 e. The van der Waals surface area contributed by atoms with E-state index < -0.39 is 18.5 Å². The van der Waals surface area contributed by atoms with Crippen molar-refractivity contribution in [2.75, 3.05) is 6.61 Å². The Morgan fingerprint density at radius 3 is 2.67 bits per heavy atom. The zero-order valence-electron chi connectivity index (χ0n) is 7.50. The molecule has 15 heavy (non-hydrogen) atoms. The van der Waals surface area contributed by atoms with Gasteiger partial charge in [0.2, 0.25) is 0 Å². The Kier molecular flexibility index (Phi) is 4.34. The van der Waals surface area contributed by atoms with Crippen molar-refractivity contribution in [3.05, 3.63) is 32.4 Å². The molecule has 0 fully saturated rings. The van der Waals surface area contributed by atoms with E-state index >= 15 is 0 Å². The number of carbonyl (C=O) groups is 2. The highest BCUT2D eigenvalue weighted by molar-refractivity contribution is 14.1. The number of hydrogen-bond acceptors (Lipinski definition) is 3. The van der Waals surface area contributed by atoms with Crippen LogP contribution < -0.4 is 5.73 Å². The SMILES string of the molecule is NC(=O)COC(=O)c1ccc(I)c(Cl)c1. The van der Waals surface area contributed by atoms with Gasteiger partial charge in [-0.15, -0.1) is 0 Å². The lowest BCUT2D eigenvalue weighted by Crippen LogP contribution is -2.20. The number of halogens is 2. The van der Waals surface area contributed by atoms with Gasteiger partial charge < -0.3 is 10.5 Å². The summed E-state index contributed by atoms with van der Waals surface area (Å²) in [7, 11) is 0. The number of carbonyl (C=O) groups excluding carboxylic acids is 2. The van der Waals surface area contributed by atoms with Crippen molar-refractivity contribution in [3.8, 4) is 0 Å². The number of nitrogens with two attached hydrogens (primary N) is 1. The van der Waals surface area contributed by atoms with Crippen LogP contribution in [0.5, 0.6) is 0 Å². The third-order valence-electron chi connectivity index (χ3n) is 1.50. The molecule has 0 aliphatic heterocycles. The minimum absolute atomic E-state index is 0.293. The van der Waals surface area contributed by atoms with E-state index in [9.17, 15) is 9.59 Å². The molecule has 0 aliphatic rings. The van der Waals surface area contributed by atoms with E-state index in [4.69, 9.17) is 17.3 Å². The number of primary amides is 1. The lowest BCUT2D eigenvalue weighted by Gasteiger charge is -2.03. The molecule has 1 rings (SSSR count). The smallest absolute Gasteiger partial charge is 0.338 e. The summed E-state index contributed by atoms with van der Waals surface area (Å²) in [6.07, 6.45) is 0. The summed E-state index contributed by atoms with van der Waals surface area (Å²) < 4.78 is 5.44. The van der Waals surface area contributed by atoms with Gasteiger partial charge in [0.25, 0.3) is 5.91 Å². The normalized spacial score (nSPS) is 9.73. The Morgan fingerprint density at radius 2 is 2.13 bits per heavy atom. The zero-order chi connectivity index (χ0) is 11.4. The van der Waals surface area contributed by atoms with E-state index in [0.29, 0.717) is 10.6 Å². The first kappa shape index (κ1) is 12.3. The van der Waals surface area contributed by atoms with Gasteiger partial charge in [-0.05, 0) is 40.8 Å². The standard InChI is InChI=1S/C9H7ClINO3/c10-6-3-5(1-2-7(6)11)9(14)15-4-8(12)13/h1-3H,4H2,(H2,12,13). The van der Waals surface area contributed by atoms with Crippen molar-refractivity contribution in [2.24, 2.45) is 5.73 Å². The third kappa shape index (κ3) is 3.67. The first-order valence-electron chi connectivity index (χ1n) is 3.91. The molecule has 6 heteroatoms. The average Bonchev–Trinajstić information content (AvgIpc) is 2.18. The van der Waals surface area contributed by atoms with Crippen LogP contribution in [0.4, 0.5) is 0 Å². The topological polar surface area (TPSA) is 69.4 Å². The largest absolute Gasteiger partial charge is 0.452 e. The van der Waals surface area contributed by atoms with Gasteiger partial charge in [0.05, 0.1) is 10.6 Å². The molecule has 80 valence electrons. The molecule has 1 aromatic carbocycles. The van der Waals surface area contributed by atoms with Gasteiger partial charge in [-0.1, -0.05) is 11.6 Å². The molecule has 0 bridgehead atoms. The highest BCUT2D eigenvalue weighted by atomic mass is 127. The van der Waals surface area contributed by atoms with E-state index in [1.165, 1.54) is 6.07 Å². The van der Waals surface area contributed by atoms with E-state index in [1.54, 1.807) is 12.1 Å². The van der Waals surface area contributed by atoms with Gasteiger partial charge in [0, 0.05) is 3.57 Å². The van der Waals surface area contributed by atoms with Crippen LogP contribution in [0, 0.1) is 3.57 Å². The Morgan fingerprint density at radius 1 is 1.47 bits per heavy atom. The maximum absolute atomic E-state index is 11.3. The van der Waals surface area contributed by atoms with Crippen molar-refractivity contribution >= 4 is 46.1 Å². The number of hydrogen-bond donors (Lipinski definition) is 1.